The number of benzene rings is 1. The summed E-state index contributed by atoms with van der Waals surface area (Å²) in [6, 6.07) is 4.90. The maximum Gasteiger partial charge on any atom is 0.128 e. The summed E-state index contributed by atoms with van der Waals surface area (Å²) in [5.74, 6) is -0.172. The summed E-state index contributed by atoms with van der Waals surface area (Å²) in [5.41, 5.74) is 7.00. The van der Waals surface area contributed by atoms with E-state index in [1.54, 1.807) is 12.1 Å². The third-order valence-corrected chi connectivity index (χ3v) is 3.03. The van der Waals surface area contributed by atoms with Gasteiger partial charge in [0.25, 0.3) is 0 Å². The lowest BCUT2D eigenvalue weighted by molar-refractivity contribution is 0.342. The first-order chi connectivity index (χ1) is 7.27. The minimum absolute atomic E-state index is 0.172. The maximum atomic E-state index is 13.4. The van der Waals surface area contributed by atoms with Crippen molar-refractivity contribution in [1.29, 1.82) is 0 Å². The van der Waals surface area contributed by atoms with Gasteiger partial charge in [-0.1, -0.05) is 6.07 Å². The monoisotopic (exact) mass is 208 g/mol. The standard InChI is InChI=1S/C12H17FN2/c13-11-4-3-5-12(14)10(11)6-9-15-7-1-2-8-15/h3-5H,1-2,6-9,14H2. The van der Waals surface area contributed by atoms with E-state index in [9.17, 15) is 4.39 Å². The number of anilines is 1. The van der Waals surface area contributed by atoms with Crippen LogP contribution in [0.3, 0.4) is 0 Å². The number of rotatable bonds is 3. The van der Waals surface area contributed by atoms with Gasteiger partial charge in [-0.3, -0.25) is 0 Å². The number of nitrogen functional groups attached to an aromatic ring is 1. The molecular weight excluding hydrogens is 191 g/mol. The number of nitrogens with zero attached hydrogens (tertiary/aromatic N) is 1. The van der Waals surface area contributed by atoms with Gasteiger partial charge >= 0.3 is 0 Å². The molecule has 1 aliphatic rings. The molecule has 0 amide bonds. The van der Waals surface area contributed by atoms with Crippen LogP contribution in [0.1, 0.15) is 18.4 Å². The average molecular weight is 208 g/mol. The van der Waals surface area contributed by atoms with Crippen molar-refractivity contribution in [3.63, 3.8) is 0 Å². The molecule has 1 aromatic carbocycles. The van der Waals surface area contributed by atoms with E-state index in [1.165, 1.54) is 18.9 Å². The second kappa shape index (κ2) is 4.62. The van der Waals surface area contributed by atoms with E-state index >= 15 is 0 Å². The van der Waals surface area contributed by atoms with Crippen LogP contribution in [0.15, 0.2) is 18.2 Å². The number of hydrogen-bond acceptors (Lipinski definition) is 2. The topological polar surface area (TPSA) is 29.3 Å². The summed E-state index contributed by atoms with van der Waals surface area (Å²) in [4.78, 5) is 2.37. The summed E-state index contributed by atoms with van der Waals surface area (Å²) < 4.78 is 13.4. The highest BCUT2D eigenvalue weighted by atomic mass is 19.1. The van der Waals surface area contributed by atoms with Gasteiger partial charge in [-0.15, -0.1) is 0 Å². The molecule has 0 radical (unpaired) electrons. The number of nitrogens with two attached hydrogens (primary N) is 1. The molecule has 2 N–H and O–H groups in total. The van der Waals surface area contributed by atoms with Crippen LogP contribution >= 0.6 is 0 Å². The van der Waals surface area contributed by atoms with Gasteiger partial charge in [0.2, 0.25) is 0 Å². The molecule has 0 unspecified atom stereocenters. The van der Waals surface area contributed by atoms with Crippen molar-refractivity contribution >= 4 is 5.69 Å². The predicted molar refractivity (Wildman–Crippen MR) is 60.2 cm³/mol. The summed E-state index contributed by atoms with van der Waals surface area (Å²) in [6.07, 6.45) is 3.26. The SMILES string of the molecule is Nc1cccc(F)c1CCN1CCCC1. The van der Waals surface area contributed by atoms with Crippen molar-refractivity contribution in [2.75, 3.05) is 25.4 Å². The van der Waals surface area contributed by atoms with E-state index in [0.717, 1.165) is 26.1 Å². The van der Waals surface area contributed by atoms with E-state index in [0.29, 0.717) is 11.3 Å². The van der Waals surface area contributed by atoms with Crippen molar-refractivity contribution in [3.05, 3.63) is 29.6 Å². The Kier molecular flexibility index (Phi) is 3.21. The molecule has 1 fully saturated rings. The summed E-state index contributed by atoms with van der Waals surface area (Å²) >= 11 is 0. The summed E-state index contributed by atoms with van der Waals surface area (Å²) in [7, 11) is 0. The second-order valence-corrected chi connectivity index (χ2v) is 4.11. The predicted octanol–water partition coefficient (Wildman–Crippen LogP) is 2.05. The molecule has 0 saturated carbocycles. The molecule has 0 aliphatic carbocycles. The van der Waals surface area contributed by atoms with E-state index in [4.69, 9.17) is 5.73 Å². The van der Waals surface area contributed by atoms with Gasteiger partial charge in [0.05, 0.1) is 0 Å². The largest absolute Gasteiger partial charge is 0.398 e. The zero-order valence-electron chi connectivity index (χ0n) is 8.88. The molecule has 82 valence electrons. The molecule has 0 spiro atoms. The first kappa shape index (κ1) is 10.4. The molecule has 15 heavy (non-hydrogen) atoms. The van der Waals surface area contributed by atoms with Crippen LogP contribution in [0.5, 0.6) is 0 Å². The normalized spacial score (nSPS) is 17.1. The van der Waals surface area contributed by atoms with Crippen LogP contribution < -0.4 is 5.73 Å². The second-order valence-electron chi connectivity index (χ2n) is 4.11. The van der Waals surface area contributed by atoms with Crippen LogP contribution in [0, 0.1) is 5.82 Å². The smallest absolute Gasteiger partial charge is 0.128 e. The molecular formula is C12H17FN2. The van der Waals surface area contributed by atoms with Crippen molar-refractivity contribution in [3.8, 4) is 0 Å². The van der Waals surface area contributed by atoms with Crippen LogP contribution in [0.2, 0.25) is 0 Å². The van der Waals surface area contributed by atoms with Crippen LogP contribution in [-0.2, 0) is 6.42 Å². The quantitative estimate of drug-likeness (QED) is 0.770. The fraction of sp³-hybridized carbons (Fsp3) is 0.500. The maximum absolute atomic E-state index is 13.4. The summed E-state index contributed by atoms with van der Waals surface area (Å²) in [6.45, 7) is 3.22. The minimum atomic E-state index is -0.172. The zero-order chi connectivity index (χ0) is 10.7. The molecule has 2 nitrogen and oxygen atoms in total. The van der Waals surface area contributed by atoms with Crippen molar-refractivity contribution in [2.24, 2.45) is 0 Å². The van der Waals surface area contributed by atoms with Gasteiger partial charge in [-0.05, 0) is 44.5 Å². The highest BCUT2D eigenvalue weighted by molar-refractivity contribution is 5.47. The van der Waals surface area contributed by atoms with Crippen molar-refractivity contribution in [2.45, 2.75) is 19.3 Å². The Morgan fingerprint density at radius 2 is 2.00 bits per heavy atom. The van der Waals surface area contributed by atoms with Crippen molar-refractivity contribution < 1.29 is 4.39 Å². The molecule has 0 atom stereocenters. The van der Waals surface area contributed by atoms with Gasteiger partial charge in [-0.25, -0.2) is 4.39 Å². The Morgan fingerprint density at radius 3 is 2.67 bits per heavy atom. The minimum Gasteiger partial charge on any atom is -0.398 e. The molecule has 1 aromatic rings. The van der Waals surface area contributed by atoms with Gasteiger partial charge in [-0.2, -0.15) is 0 Å². The van der Waals surface area contributed by atoms with E-state index in [1.807, 2.05) is 0 Å². The van der Waals surface area contributed by atoms with Crippen LogP contribution in [-0.4, -0.2) is 24.5 Å². The van der Waals surface area contributed by atoms with E-state index in [-0.39, 0.29) is 5.82 Å². The first-order valence-electron chi connectivity index (χ1n) is 5.52. The molecule has 0 aromatic heterocycles. The van der Waals surface area contributed by atoms with E-state index in [2.05, 4.69) is 4.90 Å². The number of hydrogen-bond donors (Lipinski definition) is 1. The third-order valence-electron chi connectivity index (χ3n) is 3.03. The highest BCUT2D eigenvalue weighted by Crippen LogP contribution is 2.17. The highest BCUT2D eigenvalue weighted by Gasteiger charge is 2.13. The lowest BCUT2D eigenvalue weighted by atomic mass is 10.1. The third kappa shape index (κ3) is 2.48. The Morgan fingerprint density at radius 1 is 1.27 bits per heavy atom. The first-order valence-corrected chi connectivity index (χ1v) is 5.52. The lowest BCUT2D eigenvalue weighted by Crippen LogP contribution is -2.22. The Labute approximate surface area is 89.9 Å². The molecule has 3 heteroatoms. The molecule has 1 heterocycles. The fourth-order valence-electron chi connectivity index (χ4n) is 2.12. The lowest BCUT2D eigenvalue weighted by Gasteiger charge is -2.15. The average Bonchev–Trinajstić information content (AvgIpc) is 2.70. The number of likely N-dealkylation sites (tertiary alicyclic amines) is 1. The van der Waals surface area contributed by atoms with Gasteiger partial charge in [0.1, 0.15) is 5.82 Å². The van der Waals surface area contributed by atoms with Crippen LogP contribution in [0.25, 0.3) is 0 Å². The molecule has 0 bridgehead atoms. The zero-order valence-corrected chi connectivity index (χ0v) is 8.88. The Bertz CT molecular complexity index is 312. The van der Waals surface area contributed by atoms with Gasteiger partial charge < -0.3 is 10.6 Å². The van der Waals surface area contributed by atoms with Gasteiger partial charge in [0, 0.05) is 17.8 Å². The Balaban J connectivity index is 1.97. The summed E-state index contributed by atoms with van der Waals surface area (Å²) in [5, 5.41) is 0. The fourth-order valence-corrected chi connectivity index (χ4v) is 2.12. The molecule has 1 saturated heterocycles. The van der Waals surface area contributed by atoms with Crippen LogP contribution in [0.4, 0.5) is 10.1 Å². The van der Waals surface area contributed by atoms with Gasteiger partial charge in [0.15, 0.2) is 0 Å². The van der Waals surface area contributed by atoms with E-state index < -0.39 is 0 Å². The molecule has 1 aliphatic heterocycles. The van der Waals surface area contributed by atoms with Crippen molar-refractivity contribution in [1.82, 2.24) is 4.90 Å². The number of halogens is 1. The Hall–Kier alpha value is -1.09. The molecule has 2 rings (SSSR count).